The van der Waals surface area contributed by atoms with Gasteiger partial charge in [-0.25, -0.2) is 4.98 Å². The minimum Gasteiger partial charge on any atom is -0.348 e. The Bertz CT molecular complexity index is 343. The summed E-state index contributed by atoms with van der Waals surface area (Å²) in [5, 5.41) is 0. The Balaban J connectivity index is 0.00000162. The number of imidazole rings is 1. The molecule has 1 aromatic heterocycles. The first kappa shape index (κ1) is 12.4. The van der Waals surface area contributed by atoms with Gasteiger partial charge in [-0.15, -0.1) is 0 Å². The molecular formula is C15H26N2. The average molecular weight is 234 g/mol. The van der Waals surface area contributed by atoms with E-state index < -0.39 is 0 Å². The predicted octanol–water partition coefficient (Wildman–Crippen LogP) is 4.51. The molecule has 2 rings (SSSR count). The Morgan fingerprint density at radius 3 is 3.06 bits per heavy atom. The molecule has 1 aliphatic carbocycles. The maximum Gasteiger partial charge on any atom is 0.0921 e. The van der Waals surface area contributed by atoms with Crippen LogP contribution in [0, 0.1) is 5.92 Å². The van der Waals surface area contributed by atoms with E-state index in [9.17, 15) is 0 Å². The van der Waals surface area contributed by atoms with Gasteiger partial charge in [0.1, 0.15) is 0 Å². The SMILES string of the molecule is CCCCCC1=CCC(Cc2cnc[nH]2)CC1.[HH]. The van der Waals surface area contributed by atoms with E-state index in [1.165, 1.54) is 57.1 Å². The van der Waals surface area contributed by atoms with E-state index >= 15 is 0 Å². The van der Waals surface area contributed by atoms with Crippen molar-refractivity contribution in [1.82, 2.24) is 9.97 Å². The highest BCUT2D eigenvalue weighted by molar-refractivity contribution is 5.08. The van der Waals surface area contributed by atoms with Gasteiger partial charge in [-0.2, -0.15) is 0 Å². The van der Waals surface area contributed by atoms with Gasteiger partial charge in [0.05, 0.1) is 6.33 Å². The molecule has 0 saturated carbocycles. The molecule has 1 N–H and O–H groups in total. The van der Waals surface area contributed by atoms with Crippen molar-refractivity contribution < 1.29 is 1.43 Å². The first-order valence-corrected chi connectivity index (χ1v) is 7.03. The standard InChI is InChI=1S/C15H24N2.H2/c1-2-3-4-5-13-6-8-14(9-7-13)10-15-11-16-12-17-15;/h6,11-12,14H,2-5,7-10H2,1H3,(H,16,17);1H. The van der Waals surface area contributed by atoms with Crippen molar-refractivity contribution in [3.05, 3.63) is 29.9 Å². The van der Waals surface area contributed by atoms with Crippen LogP contribution in [-0.2, 0) is 6.42 Å². The molecule has 1 aromatic rings. The van der Waals surface area contributed by atoms with Gasteiger partial charge in [0, 0.05) is 13.3 Å². The highest BCUT2D eigenvalue weighted by Crippen LogP contribution is 2.28. The lowest BCUT2D eigenvalue weighted by molar-refractivity contribution is 0.455. The van der Waals surface area contributed by atoms with Crippen molar-refractivity contribution in [2.24, 2.45) is 5.92 Å². The van der Waals surface area contributed by atoms with Crippen molar-refractivity contribution in [3.8, 4) is 0 Å². The van der Waals surface area contributed by atoms with Gasteiger partial charge in [0.25, 0.3) is 0 Å². The summed E-state index contributed by atoms with van der Waals surface area (Å²) in [6, 6.07) is 0. The van der Waals surface area contributed by atoms with E-state index in [0.29, 0.717) is 0 Å². The summed E-state index contributed by atoms with van der Waals surface area (Å²) in [6.07, 6.45) is 16.8. The molecule has 0 aliphatic heterocycles. The topological polar surface area (TPSA) is 28.7 Å². The second-order valence-corrected chi connectivity index (χ2v) is 5.24. The van der Waals surface area contributed by atoms with Crippen LogP contribution in [0.2, 0.25) is 0 Å². The molecular weight excluding hydrogens is 208 g/mol. The Kier molecular flexibility index (Phi) is 4.84. The minimum atomic E-state index is 0. The lowest BCUT2D eigenvalue weighted by Crippen LogP contribution is -2.09. The lowest BCUT2D eigenvalue weighted by Gasteiger charge is -2.21. The fourth-order valence-electron chi connectivity index (χ4n) is 2.66. The number of hydrogen-bond acceptors (Lipinski definition) is 1. The maximum atomic E-state index is 4.08. The number of nitrogens with one attached hydrogen (secondary N) is 1. The summed E-state index contributed by atoms with van der Waals surface area (Å²) in [4.78, 5) is 7.29. The highest BCUT2D eigenvalue weighted by Gasteiger charge is 2.15. The van der Waals surface area contributed by atoms with Gasteiger partial charge in [-0.3, -0.25) is 0 Å². The predicted molar refractivity (Wildman–Crippen MR) is 74.0 cm³/mol. The zero-order valence-corrected chi connectivity index (χ0v) is 10.9. The van der Waals surface area contributed by atoms with Gasteiger partial charge < -0.3 is 4.98 Å². The van der Waals surface area contributed by atoms with Crippen LogP contribution >= 0.6 is 0 Å². The zero-order chi connectivity index (χ0) is 11.9. The van der Waals surface area contributed by atoms with Crippen molar-refractivity contribution in [1.29, 1.82) is 0 Å². The molecule has 1 unspecified atom stereocenters. The third-order valence-electron chi connectivity index (χ3n) is 3.78. The number of H-pyrrole nitrogens is 1. The van der Waals surface area contributed by atoms with Crippen LogP contribution in [0.3, 0.4) is 0 Å². The Morgan fingerprint density at radius 1 is 1.47 bits per heavy atom. The van der Waals surface area contributed by atoms with E-state index in [0.717, 1.165) is 5.92 Å². The van der Waals surface area contributed by atoms with Crippen molar-refractivity contribution >= 4 is 0 Å². The fraction of sp³-hybridized carbons (Fsp3) is 0.667. The quantitative estimate of drug-likeness (QED) is 0.569. The molecule has 0 bridgehead atoms. The molecule has 0 spiro atoms. The number of rotatable bonds is 6. The molecule has 0 saturated heterocycles. The third kappa shape index (κ3) is 4.03. The van der Waals surface area contributed by atoms with Gasteiger partial charge in [-0.05, 0) is 44.4 Å². The van der Waals surface area contributed by atoms with Crippen LogP contribution in [0.25, 0.3) is 0 Å². The molecule has 0 radical (unpaired) electrons. The normalized spacial score (nSPS) is 20.3. The monoisotopic (exact) mass is 234 g/mol. The van der Waals surface area contributed by atoms with E-state index in [1.54, 1.807) is 11.9 Å². The molecule has 1 aliphatic rings. The molecule has 2 heteroatoms. The average Bonchev–Trinajstić information content (AvgIpc) is 2.85. The maximum absolute atomic E-state index is 4.08. The smallest absolute Gasteiger partial charge is 0.0921 e. The summed E-state index contributed by atoms with van der Waals surface area (Å²) in [5.41, 5.74) is 3.00. The van der Waals surface area contributed by atoms with E-state index in [4.69, 9.17) is 0 Å². The number of unbranched alkanes of at least 4 members (excludes halogenated alkanes) is 2. The van der Waals surface area contributed by atoms with E-state index in [1.807, 2.05) is 6.20 Å². The van der Waals surface area contributed by atoms with Crippen molar-refractivity contribution in [2.45, 2.75) is 58.3 Å². The molecule has 1 heterocycles. The van der Waals surface area contributed by atoms with Crippen LogP contribution < -0.4 is 0 Å². The molecule has 0 fully saturated rings. The van der Waals surface area contributed by atoms with Crippen molar-refractivity contribution in [2.75, 3.05) is 0 Å². The molecule has 0 aromatic carbocycles. The van der Waals surface area contributed by atoms with Crippen LogP contribution in [0.15, 0.2) is 24.2 Å². The number of hydrogen-bond donors (Lipinski definition) is 1. The van der Waals surface area contributed by atoms with Gasteiger partial charge in [-0.1, -0.05) is 31.4 Å². The van der Waals surface area contributed by atoms with Gasteiger partial charge in [0.2, 0.25) is 0 Å². The Morgan fingerprint density at radius 2 is 2.41 bits per heavy atom. The second kappa shape index (κ2) is 6.63. The first-order chi connectivity index (χ1) is 8.38. The summed E-state index contributed by atoms with van der Waals surface area (Å²) < 4.78 is 0. The van der Waals surface area contributed by atoms with Gasteiger partial charge in [0.15, 0.2) is 0 Å². The lowest BCUT2D eigenvalue weighted by atomic mass is 9.85. The van der Waals surface area contributed by atoms with Crippen LogP contribution in [-0.4, -0.2) is 9.97 Å². The summed E-state index contributed by atoms with van der Waals surface area (Å²) in [7, 11) is 0. The molecule has 1 atom stereocenters. The van der Waals surface area contributed by atoms with Gasteiger partial charge >= 0.3 is 0 Å². The molecule has 17 heavy (non-hydrogen) atoms. The number of nitrogens with zero attached hydrogens (tertiary/aromatic N) is 1. The van der Waals surface area contributed by atoms with Crippen LogP contribution in [0.5, 0.6) is 0 Å². The highest BCUT2D eigenvalue weighted by atomic mass is 14.9. The second-order valence-electron chi connectivity index (χ2n) is 5.24. The molecule has 2 nitrogen and oxygen atoms in total. The molecule has 0 amide bonds. The summed E-state index contributed by atoms with van der Waals surface area (Å²) in [5.74, 6) is 0.824. The number of allylic oxidation sites excluding steroid dienone is 2. The number of aromatic nitrogens is 2. The van der Waals surface area contributed by atoms with Crippen LogP contribution in [0.1, 0.15) is 59.0 Å². The fourth-order valence-corrected chi connectivity index (χ4v) is 2.66. The van der Waals surface area contributed by atoms with Crippen molar-refractivity contribution in [3.63, 3.8) is 0 Å². The Labute approximate surface area is 106 Å². The molecule has 96 valence electrons. The summed E-state index contributed by atoms with van der Waals surface area (Å²) in [6.45, 7) is 2.27. The first-order valence-electron chi connectivity index (χ1n) is 7.03. The summed E-state index contributed by atoms with van der Waals surface area (Å²) >= 11 is 0. The number of aromatic amines is 1. The van der Waals surface area contributed by atoms with E-state index in [2.05, 4.69) is 23.0 Å². The zero-order valence-electron chi connectivity index (χ0n) is 10.9. The van der Waals surface area contributed by atoms with Crippen LogP contribution in [0.4, 0.5) is 0 Å². The van der Waals surface area contributed by atoms with E-state index in [-0.39, 0.29) is 1.43 Å². The largest absolute Gasteiger partial charge is 0.348 e. The third-order valence-corrected chi connectivity index (χ3v) is 3.78. The Hall–Kier alpha value is -1.05. The minimum absolute atomic E-state index is 0.